The van der Waals surface area contributed by atoms with Gasteiger partial charge in [-0.3, -0.25) is 0 Å². The van der Waals surface area contributed by atoms with Crippen LogP contribution in [-0.4, -0.2) is 22.4 Å². The second-order valence-electron chi connectivity index (χ2n) is 30.5. The van der Waals surface area contributed by atoms with Gasteiger partial charge in [0.15, 0.2) is 0 Å². The molecule has 0 radical (unpaired) electrons. The van der Waals surface area contributed by atoms with Crippen LogP contribution in [0.1, 0.15) is 221 Å². The van der Waals surface area contributed by atoms with Crippen LogP contribution in [0.5, 0.6) is 0 Å². The number of benzene rings is 6. The maximum absolute atomic E-state index is 2.89. The highest BCUT2D eigenvalue weighted by molar-refractivity contribution is 6.99. The van der Waals surface area contributed by atoms with Gasteiger partial charge < -0.3 is 14.4 Å². The molecule has 75 heavy (non-hydrogen) atoms. The fourth-order valence-corrected chi connectivity index (χ4v) is 16.7. The van der Waals surface area contributed by atoms with Gasteiger partial charge in [0.25, 0.3) is 0 Å². The van der Waals surface area contributed by atoms with E-state index < -0.39 is 0 Å². The number of anilines is 4. The largest absolute Gasteiger partial charge is 0.334 e. The SMILES string of the molecule is CC(C)(C)c1ccc(N2c3cc4c(cc3C3(C)CCCCC23C)B2c3c(cc(C(C)(C)C)cc3C4(C)C)-n3c4ccc(C(C)(C)C)cc4c4c5c(cc2c43)C2(C)CCCCC2(C)N5c2ccc(C(C)(C)C)cc2)cc1. The van der Waals surface area contributed by atoms with Crippen LogP contribution in [0.2, 0.25) is 0 Å². The Bertz CT molecular complexity index is 3580. The lowest BCUT2D eigenvalue weighted by Gasteiger charge is -2.50. The molecule has 5 heterocycles. The number of hydrogen-bond acceptors (Lipinski definition) is 2. The molecule has 2 saturated carbocycles. The summed E-state index contributed by atoms with van der Waals surface area (Å²) in [5, 5.41) is 2.86. The first kappa shape index (κ1) is 49.4. The van der Waals surface area contributed by atoms with Gasteiger partial charge in [-0.25, -0.2) is 0 Å². The van der Waals surface area contributed by atoms with Gasteiger partial charge in [-0.1, -0.05) is 190 Å². The fraction of sp³-hybridized carbons (Fsp3) is 0.493. The van der Waals surface area contributed by atoms with Crippen LogP contribution in [0.4, 0.5) is 22.7 Å². The minimum Gasteiger partial charge on any atom is -0.334 e. The van der Waals surface area contributed by atoms with E-state index in [9.17, 15) is 0 Å². The standard InChI is InChI=1S/C71H86BN3/c1-63(2,3)43-23-28-47(29-24-43)74-57-42-50-54(40-51(57)68(15)33-19-21-35-70(68,74)17)72-55-41-53-61(75(71(18)36-22-20-34-69(53,71)16)48-30-25-44(26-31-48)64(4,5)6)59-49-37-45(65(7,8)9)27-32-56(49)73(62(55)59)58-39-46(66(10,11)12)38-52(60(58)72)67(50,13)14/h23-32,37-42H,19-22,33-36H2,1-18H3. The van der Waals surface area contributed by atoms with Gasteiger partial charge in [-0.15, -0.1) is 0 Å². The number of hydrogen-bond donors (Lipinski definition) is 0. The van der Waals surface area contributed by atoms with Crippen molar-refractivity contribution in [3.8, 4) is 5.69 Å². The minimum atomic E-state index is -0.261. The summed E-state index contributed by atoms with van der Waals surface area (Å²) < 4.78 is 2.79. The van der Waals surface area contributed by atoms with E-state index in [1.165, 1.54) is 151 Å². The first-order chi connectivity index (χ1) is 34.9. The Labute approximate surface area is 452 Å². The molecule has 6 aromatic carbocycles. The highest BCUT2D eigenvalue weighted by atomic mass is 15.3. The third-order valence-electron chi connectivity index (χ3n) is 21.8. The van der Waals surface area contributed by atoms with E-state index in [1.54, 1.807) is 11.1 Å². The average molecular weight is 992 g/mol. The number of nitrogens with zero attached hydrogens (tertiary/aromatic N) is 3. The summed E-state index contributed by atoms with van der Waals surface area (Å²) >= 11 is 0. The lowest BCUT2D eigenvalue weighted by molar-refractivity contribution is 0.195. The van der Waals surface area contributed by atoms with Crippen LogP contribution in [0.25, 0.3) is 27.5 Å². The normalized spacial score (nSPS) is 25.5. The van der Waals surface area contributed by atoms with Gasteiger partial charge in [-0.05, 0) is 165 Å². The molecule has 4 aliphatic heterocycles. The zero-order valence-electron chi connectivity index (χ0n) is 49.3. The summed E-state index contributed by atoms with van der Waals surface area (Å²) in [7, 11) is 0. The summed E-state index contributed by atoms with van der Waals surface area (Å²) in [4.78, 5) is 5.73. The van der Waals surface area contributed by atoms with Crippen molar-refractivity contribution in [1.29, 1.82) is 0 Å². The van der Waals surface area contributed by atoms with Crippen molar-refractivity contribution in [3.05, 3.63) is 142 Å². The van der Waals surface area contributed by atoms with Gasteiger partial charge >= 0.3 is 0 Å². The van der Waals surface area contributed by atoms with Crippen molar-refractivity contribution in [2.75, 3.05) is 9.80 Å². The molecule has 388 valence electrons. The Kier molecular flexibility index (Phi) is 9.92. The molecule has 13 rings (SSSR count). The van der Waals surface area contributed by atoms with Gasteiger partial charge in [0.2, 0.25) is 6.71 Å². The lowest BCUT2D eigenvalue weighted by atomic mass is 9.30. The molecule has 0 amide bonds. The first-order valence-electron chi connectivity index (χ1n) is 29.3. The van der Waals surface area contributed by atoms with Crippen molar-refractivity contribution in [3.63, 3.8) is 0 Å². The van der Waals surface area contributed by atoms with E-state index in [-0.39, 0.29) is 55.7 Å². The Morgan fingerprint density at radius 2 is 0.920 bits per heavy atom. The number of aromatic nitrogens is 1. The van der Waals surface area contributed by atoms with E-state index >= 15 is 0 Å². The molecule has 1 aromatic heterocycles. The van der Waals surface area contributed by atoms with E-state index in [0.717, 1.165) is 0 Å². The second-order valence-corrected chi connectivity index (χ2v) is 30.5. The quantitative estimate of drug-likeness (QED) is 0.160. The summed E-state index contributed by atoms with van der Waals surface area (Å²) in [6, 6.07) is 40.8. The number of fused-ring (bicyclic) bond motifs is 14. The molecule has 2 fully saturated rings. The van der Waals surface area contributed by atoms with E-state index in [4.69, 9.17) is 0 Å². The van der Waals surface area contributed by atoms with Crippen molar-refractivity contribution in [2.45, 2.75) is 225 Å². The second kappa shape index (κ2) is 15.1. The Morgan fingerprint density at radius 3 is 1.48 bits per heavy atom. The summed E-state index contributed by atoms with van der Waals surface area (Å²) in [6.07, 6.45) is 9.78. The highest BCUT2D eigenvalue weighted by Crippen LogP contribution is 2.65. The Morgan fingerprint density at radius 1 is 0.427 bits per heavy atom. The topological polar surface area (TPSA) is 11.4 Å². The number of rotatable bonds is 2. The smallest absolute Gasteiger partial charge is 0.247 e. The van der Waals surface area contributed by atoms with E-state index in [0.29, 0.717) is 0 Å². The predicted molar refractivity (Wildman–Crippen MR) is 324 cm³/mol. The maximum atomic E-state index is 2.89. The van der Waals surface area contributed by atoms with Crippen LogP contribution < -0.4 is 26.2 Å². The third-order valence-corrected chi connectivity index (χ3v) is 21.8. The van der Waals surface area contributed by atoms with Crippen molar-refractivity contribution < 1.29 is 0 Å². The van der Waals surface area contributed by atoms with E-state index in [1.807, 2.05) is 0 Å². The van der Waals surface area contributed by atoms with Crippen molar-refractivity contribution in [2.24, 2.45) is 0 Å². The molecule has 4 atom stereocenters. The van der Waals surface area contributed by atoms with Crippen molar-refractivity contribution in [1.82, 2.24) is 4.57 Å². The molecule has 7 aromatic rings. The summed E-state index contributed by atoms with van der Waals surface area (Å²) in [6.45, 7) is 44.3. The van der Waals surface area contributed by atoms with Gasteiger partial charge in [-0.2, -0.15) is 0 Å². The predicted octanol–water partition coefficient (Wildman–Crippen LogP) is 16.9. The fourth-order valence-electron chi connectivity index (χ4n) is 16.7. The maximum Gasteiger partial charge on any atom is 0.247 e. The first-order valence-corrected chi connectivity index (χ1v) is 29.3. The molecular weight excluding hydrogens is 906 g/mol. The van der Waals surface area contributed by atoms with Crippen LogP contribution in [0.15, 0.2) is 97.1 Å². The molecule has 4 heteroatoms. The summed E-state index contributed by atoms with van der Waals surface area (Å²) in [5.41, 5.74) is 25.6. The molecule has 0 spiro atoms. The zero-order valence-corrected chi connectivity index (χ0v) is 49.3. The molecule has 2 aliphatic carbocycles. The highest BCUT2D eigenvalue weighted by Gasteiger charge is 2.61. The molecular formula is C71H86BN3. The van der Waals surface area contributed by atoms with Gasteiger partial charge in [0, 0.05) is 49.8 Å². The van der Waals surface area contributed by atoms with Crippen LogP contribution in [0.3, 0.4) is 0 Å². The van der Waals surface area contributed by atoms with E-state index in [2.05, 4.69) is 236 Å². The minimum absolute atomic E-state index is 0.0104. The molecule has 4 unspecified atom stereocenters. The monoisotopic (exact) mass is 992 g/mol. The van der Waals surface area contributed by atoms with Gasteiger partial charge in [0.05, 0.1) is 27.8 Å². The van der Waals surface area contributed by atoms with Crippen LogP contribution in [0, 0.1) is 0 Å². The Hall–Kier alpha value is -5.22. The lowest BCUT2D eigenvalue weighted by Crippen LogP contribution is -2.63. The summed E-state index contributed by atoms with van der Waals surface area (Å²) in [5.74, 6) is 0. The zero-order chi connectivity index (χ0) is 53.3. The third kappa shape index (κ3) is 6.35. The molecule has 6 aliphatic rings. The van der Waals surface area contributed by atoms with Crippen molar-refractivity contribution >= 4 is 67.7 Å². The van der Waals surface area contributed by atoms with Gasteiger partial charge in [0.1, 0.15) is 0 Å². The molecule has 0 N–H and O–H groups in total. The molecule has 0 bridgehead atoms. The average Bonchev–Trinajstić information content (AvgIpc) is 3.86. The Balaban J connectivity index is 1.17. The molecule has 3 nitrogen and oxygen atoms in total. The van der Waals surface area contributed by atoms with Crippen LogP contribution >= 0.6 is 0 Å². The molecule has 0 saturated heterocycles. The van der Waals surface area contributed by atoms with Crippen LogP contribution in [-0.2, 0) is 37.9 Å².